The summed E-state index contributed by atoms with van der Waals surface area (Å²) in [6.45, 7) is 4.74. The van der Waals surface area contributed by atoms with Gasteiger partial charge in [-0.25, -0.2) is 0 Å². The molecule has 1 saturated heterocycles. The van der Waals surface area contributed by atoms with Crippen LogP contribution in [0.1, 0.15) is 6.92 Å². The van der Waals surface area contributed by atoms with E-state index in [1.807, 2.05) is 0 Å². The smallest absolute Gasteiger partial charge is 0.217 e. The minimum atomic E-state index is -1.30. The molecular formula is C11H18N4O5. The number of hydrogen-bond donors (Lipinski definition) is 3. The quantitative estimate of drug-likeness (QED) is 0.260. The van der Waals surface area contributed by atoms with Crippen molar-refractivity contribution in [2.45, 2.75) is 37.6 Å². The highest BCUT2D eigenvalue weighted by Crippen LogP contribution is 2.22. The first-order valence-electron chi connectivity index (χ1n) is 6.03. The summed E-state index contributed by atoms with van der Waals surface area (Å²) in [6.07, 6.45) is -3.02. The maximum atomic E-state index is 11.1. The van der Waals surface area contributed by atoms with Gasteiger partial charge in [-0.3, -0.25) is 4.79 Å². The van der Waals surface area contributed by atoms with Crippen LogP contribution in [0.5, 0.6) is 0 Å². The minimum absolute atomic E-state index is 0.137. The van der Waals surface area contributed by atoms with E-state index in [1.165, 1.54) is 13.0 Å². The molecule has 1 fully saturated rings. The van der Waals surface area contributed by atoms with E-state index in [1.54, 1.807) is 0 Å². The van der Waals surface area contributed by atoms with Crippen molar-refractivity contribution in [2.24, 2.45) is 5.11 Å². The van der Waals surface area contributed by atoms with E-state index in [2.05, 4.69) is 21.9 Å². The van der Waals surface area contributed by atoms with Gasteiger partial charge in [0.05, 0.1) is 19.3 Å². The Hall–Kier alpha value is -1.64. The van der Waals surface area contributed by atoms with Gasteiger partial charge >= 0.3 is 0 Å². The lowest BCUT2D eigenvalue weighted by Gasteiger charge is -2.42. The molecule has 0 radical (unpaired) electrons. The molecule has 0 aromatic rings. The molecule has 20 heavy (non-hydrogen) atoms. The zero-order valence-corrected chi connectivity index (χ0v) is 11.0. The zero-order chi connectivity index (χ0) is 15.1. The summed E-state index contributed by atoms with van der Waals surface area (Å²) in [5, 5.41) is 25.7. The third-order valence-electron chi connectivity index (χ3n) is 2.77. The summed E-state index contributed by atoms with van der Waals surface area (Å²) in [7, 11) is 0. The fourth-order valence-corrected chi connectivity index (χ4v) is 1.89. The van der Waals surface area contributed by atoms with Gasteiger partial charge in [0.25, 0.3) is 0 Å². The Morgan fingerprint density at radius 2 is 2.30 bits per heavy atom. The lowest BCUT2D eigenvalue weighted by Crippen LogP contribution is -2.64. The van der Waals surface area contributed by atoms with Crippen LogP contribution in [0.15, 0.2) is 17.8 Å². The van der Waals surface area contributed by atoms with Crippen molar-refractivity contribution in [1.29, 1.82) is 0 Å². The van der Waals surface area contributed by atoms with E-state index in [0.717, 1.165) is 0 Å². The van der Waals surface area contributed by atoms with Crippen LogP contribution in [-0.4, -0.2) is 59.9 Å². The Kier molecular flexibility index (Phi) is 6.43. The van der Waals surface area contributed by atoms with Crippen LogP contribution < -0.4 is 5.32 Å². The summed E-state index contributed by atoms with van der Waals surface area (Å²) in [5.41, 5.74) is 8.28. The maximum Gasteiger partial charge on any atom is 0.217 e. The van der Waals surface area contributed by atoms with E-state index in [-0.39, 0.29) is 13.2 Å². The molecule has 9 nitrogen and oxygen atoms in total. The third kappa shape index (κ3) is 4.19. The molecule has 0 aromatic carbocycles. The highest BCUT2D eigenvalue weighted by molar-refractivity contribution is 5.73. The summed E-state index contributed by atoms with van der Waals surface area (Å²) < 4.78 is 10.7. The number of nitrogens with zero attached hydrogens (tertiary/aromatic N) is 3. The summed E-state index contributed by atoms with van der Waals surface area (Å²) >= 11 is 0. The van der Waals surface area contributed by atoms with Crippen molar-refractivity contribution in [2.75, 3.05) is 13.2 Å². The van der Waals surface area contributed by atoms with E-state index in [0.29, 0.717) is 0 Å². The molecule has 1 rings (SSSR count). The maximum absolute atomic E-state index is 11.1. The highest BCUT2D eigenvalue weighted by atomic mass is 16.7. The number of carbonyl (C=O) groups is 1. The third-order valence-corrected chi connectivity index (χ3v) is 2.77. The first-order chi connectivity index (χ1) is 9.51. The van der Waals surface area contributed by atoms with E-state index < -0.39 is 36.6 Å². The van der Waals surface area contributed by atoms with Gasteiger partial charge in [-0.1, -0.05) is 11.2 Å². The number of ether oxygens (including phenoxy) is 2. The molecule has 1 amide bonds. The first-order valence-corrected chi connectivity index (χ1v) is 6.03. The average molecular weight is 286 g/mol. The van der Waals surface area contributed by atoms with Crippen LogP contribution >= 0.6 is 0 Å². The molecule has 0 spiro atoms. The molecule has 3 N–H and O–H groups in total. The molecule has 112 valence electrons. The lowest BCUT2D eigenvalue weighted by atomic mass is 9.96. The van der Waals surface area contributed by atoms with Gasteiger partial charge in [0.2, 0.25) is 5.91 Å². The monoisotopic (exact) mass is 286 g/mol. The second-order valence-electron chi connectivity index (χ2n) is 4.29. The molecule has 1 aliphatic heterocycles. The number of aliphatic hydroxyl groups excluding tert-OH is 2. The average Bonchev–Trinajstić information content (AvgIpc) is 2.41. The normalized spacial score (nSPS) is 33.0. The van der Waals surface area contributed by atoms with Crippen LogP contribution in [0.2, 0.25) is 0 Å². The molecule has 0 aliphatic carbocycles. The Morgan fingerprint density at radius 3 is 2.85 bits per heavy atom. The van der Waals surface area contributed by atoms with E-state index in [4.69, 9.17) is 15.0 Å². The van der Waals surface area contributed by atoms with E-state index in [9.17, 15) is 15.0 Å². The zero-order valence-electron chi connectivity index (χ0n) is 11.0. The number of azide groups is 1. The van der Waals surface area contributed by atoms with E-state index >= 15 is 0 Å². The molecule has 0 unspecified atom stereocenters. The van der Waals surface area contributed by atoms with Crippen LogP contribution in [0.4, 0.5) is 0 Å². The lowest BCUT2D eigenvalue weighted by molar-refractivity contribution is -0.258. The fourth-order valence-electron chi connectivity index (χ4n) is 1.89. The highest BCUT2D eigenvalue weighted by Gasteiger charge is 2.45. The second-order valence-corrected chi connectivity index (χ2v) is 4.29. The van der Waals surface area contributed by atoms with Gasteiger partial charge in [0.15, 0.2) is 6.29 Å². The van der Waals surface area contributed by atoms with Gasteiger partial charge in [-0.05, 0) is 5.53 Å². The molecule has 0 aromatic heterocycles. The van der Waals surface area contributed by atoms with Crippen molar-refractivity contribution < 1.29 is 24.5 Å². The van der Waals surface area contributed by atoms with Gasteiger partial charge in [-0.15, -0.1) is 6.58 Å². The minimum Gasteiger partial charge on any atom is -0.388 e. The van der Waals surface area contributed by atoms with Crippen LogP contribution in [0, 0.1) is 0 Å². The van der Waals surface area contributed by atoms with Gasteiger partial charge in [0, 0.05) is 11.8 Å². The predicted octanol–water partition coefficient (Wildman–Crippen LogP) is -0.549. The SMILES string of the molecule is C=CCO[C@@H]1O[C@H](CN=[N+]=[N-])[C@H](O)[C@H](O)[C@H]1NC(C)=O. The van der Waals surface area contributed by atoms with Crippen molar-refractivity contribution in [3.8, 4) is 0 Å². The largest absolute Gasteiger partial charge is 0.388 e. The first kappa shape index (κ1) is 16.4. The van der Waals surface area contributed by atoms with Crippen molar-refractivity contribution >= 4 is 5.91 Å². The van der Waals surface area contributed by atoms with Gasteiger partial charge in [-0.2, -0.15) is 0 Å². The van der Waals surface area contributed by atoms with Crippen molar-refractivity contribution in [3.63, 3.8) is 0 Å². The Morgan fingerprint density at radius 1 is 1.60 bits per heavy atom. The second kappa shape index (κ2) is 7.83. The van der Waals surface area contributed by atoms with Crippen LogP contribution in [0.25, 0.3) is 10.4 Å². The number of nitrogens with one attached hydrogen (secondary N) is 1. The Balaban J connectivity index is 2.84. The summed E-state index contributed by atoms with van der Waals surface area (Å²) in [4.78, 5) is 13.7. The molecule has 5 atom stereocenters. The van der Waals surface area contributed by atoms with Gasteiger partial charge < -0.3 is 25.0 Å². The molecule has 1 heterocycles. The number of amides is 1. The predicted molar refractivity (Wildman–Crippen MR) is 68.4 cm³/mol. The number of aliphatic hydroxyl groups is 2. The topological polar surface area (TPSA) is 137 Å². The molecular weight excluding hydrogens is 268 g/mol. The molecule has 0 saturated carbocycles. The molecule has 1 aliphatic rings. The Bertz CT molecular complexity index is 398. The number of carbonyl (C=O) groups excluding carboxylic acids is 1. The summed E-state index contributed by atoms with van der Waals surface area (Å²) in [5.74, 6) is -0.398. The number of hydrogen-bond acceptors (Lipinski definition) is 6. The Labute approximate surface area is 115 Å². The van der Waals surface area contributed by atoms with Gasteiger partial charge in [0.1, 0.15) is 18.2 Å². The summed E-state index contributed by atoms with van der Waals surface area (Å²) in [6, 6.07) is -0.926. The van der Waals surface area contributed by atoms with Crippen LogP contribution in [-0.2, 0) is 14.3 Å². The van der Waals surface area contributed by atoms with Crippen molar-refractivity contribution in [3.05, 3.63) is 23.1 Å². The van der Waals surface area contributed by atoms with Crippen molar-refractivity contribution in [1.82, 2.24) is 5.32 Å². The number of rotatable bonds is 6. The van der Waals surface area contributed by atoms with Crippen LogP contribution in [0.3, 0.4) is 0 Å². The fraction of sp³-hybridized carbons (Fsp3) is 0.727. The standard InChI is InChI=1S/C11H18N4O5/c1-3-4-19-11-8(14-6(2)16)10(18)9(17)7(20-11)5-13-15-12/h3,7-11,17-18H,1,4-5H2,2H3,(H,14,16)/t7-,8-,9+,10-,11-/m1/s1. The molecule has 9 heteroatoms. The molecule has 0 bridgehead atoms.